The van der Waals surface area contributed by atoms with E-state index in [0.29, 0.717) is 13.2 Å². The number of benzene rings is 2. The van der Waals surface area contributed by atoms with Gasteiger partial charge in [-0.3, -0.25) is 0 Å². The molecule has 0 fully saturated rings. The maximum atomic E-state index is 13.3. The van der Waals surface area contributed by atoms with E-state index >= 15 is 0 Å². The lowest BCUT2D eigenvalue weighted by molar-refractivity contribution is 0.287. The third-order valence-corrected chi connectivity index (χ3v) is 8.24. The minimum atomic E-state index is -3.90. The van der Waals surface area contributed by atoms with Gasteiger partial charge in [-0.1, -0.05) is 90.9 Å². The average molecular weight is 535 g/mol. The van der Waals surface area contributed by atoms with Gasteiger partial charge in [0, 0.05) is 12.1 Å². The van der Waals surface area contributed by atoms with Crippen LogP contribution in [0.1, 0.15) is 104 Å². The number of aromatic hydroxyl groups is 2. The van der Waals surface area contributed by atoms with Gasteiger partial charge < -0.3 is 19.7 Å². The summed E-state index contributed by atoms with van der Waals surface area (Å²) in [6.45, 7) is 5.23. The highest BCUT2D eigenvalue weighted by molar-refractivity contribution is 7.91. The Bertz CT molecular complexity index is 943. The molecule has 2 rings (SSSR count). The van der Waals surface area contributed by atoms with Crippen molar-refractivity contribution in [3.05, 3.63) is 36.4 Å². The number of sulfone groups is 1. The van der Waals surface area contributed by atoms with Gasteiger partial charge in [0.25, 0.3) is 0 Å². The zero-order valence-electron chi connectivity index (χ0n) is 22.7. The fraction of sp³-hybridized carbons (Fsp3) is 0.600. The Morgan fingerprint density at radius 1 is 0.568 bits per heavy atom. The zero-order valence-corrected chi connectivity index (χ0v) is 23.5. The molecular formula is C30H46O6S. The van der Waals surface area contributed by atoms with Crippen LogP contribution in [0.4, 0.5) is 0 Å². The Morgan fingerprint density at radius 3 is 1.30 bits per heavy atom. The molecule has 0 unspecified atom stereocenters. The summed E-state index contributed by atoms with van der Waals surface area (Å²) >= 11 is 0. The molecule has 0 amide bonds. The normalized spacial score (nSPS) is 11.5. The lowest BCUT2D eigenvalue weighted by Gasteiger charge is -2.13. The summed E-state index contributed by atoms with van der Waals surface area (Å²) in [5.41, 5.74) is 0. The van der Waals surface area contributed by atoms with Crippen molar-refractivity contribution < 1.29 is 28.1 Å². The van der Waals surface area contributed by atoms with Crippen molar-refractivity contribution in [3.8, 4) is 23.0 Å². The summed E-state index contributed by atoms with van der Waals surface area (Å²) in [6, 6.07) is 8.11. The van der Waals surface area contributed by atoms with Crippen molar-refractivity contribution in [2.75, 3.05) is 13.2 Å². The van der Waals surface area contributed by atoms with Crippen molar-refractivity contribution in [3.63, 3.8) is 0 Å². The maximum absolute atomic E-state index is 13.3. The first-order chi connectivity index (χ1) is 17.9. The monoisotopic (exact) mass is 534 g/mol. The minimum absolute atomic E-state index is 0.0172. The predicted octanol–water partition coefficient (Wildman–Crippen LogP) is 8.19. The molecule has 0 atom stereocenters. The van der Waals surface area contributed by atoms with E-state index in [1.165, 1.54) is 87.8 Å². The number of hydrogen-bond acceptors (Lipinski definition) is 6. The first-order valence-electron chi connectivity index (χ1n) is 14.1. The summed E-state index contributed by atoms with van der Waals surface area (Å²) in [7, 11) is -3.90. The summed E-state index contributed by atoms with van der Waals surface area (Å²) < 4.78 is 38.0. The number of ether oxygens (including phenoxy) is 2. The second-order valence-corrected chi connectivity index (χ2v) is 11.7. The number of hydrogen-bond donors (Lipinski definition) is 2. The topological polar surface area (TPSA) is 93.1 Å². The second kappa shape index (κ2) is 17.2. The van der Waals surface area contributed by atoms with Crippen LogP contribution >= 0.6 is 0 Å². The molecule has 0 aliphatic rings. The molecule has 0 heterocycles. The van der Waals surface area contributed by atoms with Gasteiger partial charge in [-0.25, -0.2) is 8.42 Å². The van der Waals surface area contributed by atoms with E-state index in [4.69, 9.17) is 9.47 Å². The number of phenolic OH excluding ortho intramolecular Hbond substituents is 2. The van der Waals surface area contributed by atoms with Crippen molar-refractivity contribution in [2.24, 2.45) is 0 Å². The molecule has 0 spiro atoms. The smallest absolute Gasteiger partial charge is 0.206 e. The lowest BCUT2D eigenvalue weighted by Crippen LogP contribution is -2.05. The third kappa shape index (κ3) is 10.8. The van der Waals surface area contributed by atoms with E-state index in [1.54, 1.807) is 0 Å². The van der Waals surface area contributed by atoms with Gasteiger partial charge in [0.15, 0.2) is 23.0 Å². The molecule has 2 aromatic rings. The van der Waals surface area contributed by atoms with Crippen LogP contribution < -0.4 is 9.47 Å². The molecule has 7 heteroatoms. The molecule has 0 saturated heterocycles. The average Bonchev–Trinajstić information content (AvgIpc) is 2.89. The van der Waals surface area contributed by atoms with E-state index in [2.05, 4.69) is 13.8 Å². The van der Waals surface area contributed by atoms with Gasteiger partial charge >= 0.3 is 0 Å². The van der Waals surface area contributed by atoms with E-state index in [-0.39, 0.29) is 32.8 Å². The summed E-state index contributed by atoms with van der Waals surface area (Å²) in [5, 5.41) is 20.4. The van der Waals surface area contributed by atoms with Crippen LogP contribution in [-0.4, -0.2) is 31.8 Å². The maximum Gasteiger partial charge on any atom is 0.206 e. The van der Waals surface area contributed by atoms with Crippen LogP contribution in [0.15, 0.2) is 46.2 Å². The first-order valence-corrected chi connectivity index (χ1v) is 15.5. The number of rotatable bonds is 20. The highest BCUT2D eigenvalue weighted by Gasteiger charge is 2.21. The Balaban J connectivity index is 1.94. The SMILES string of the molecule is CCCCCCCCCOc1cc(S(=O)(=O)c2ccc(O)c(OCCCCCCCCC)c2)ccc1O. The number of unbranched alkanes of at least 4 members (excludes halogenated alkanes) is 12. The Morgan fingerprint density at radius 2 is 0.919 bits per heavy atom. The molecule has 0 saturated carbocycles. The molecule has 0 aromatic heterocycles. The van der Waals surface area contributed by atoms with E-state index < -0.39 is 9.84 Å². The van der Waals surface area contributed by atoms with Crippen molar-refractivity contribution in [1.29, 1.82) is 0 Å². The molecule has 0 aliphatic heterocycles. The van der Waals surface area contributed by atoms with Crippen LogP contribution in [0.25, 0.3) is 0 Å². The molecule has 208 valence electrons. The van der Waals surface area contributed by atoms with Crippen molar-refractivity contribution in [2.45, 2.75) is 114 Å². The first kappa shape index (κ1) is 30.8. The van der Waals surface area contributed by atoms with Crippen LogP contribution in [0, 0.1) is 0 Å². The van der Waals surface area contributed by atoms with Gasteiger partial charge in [0.05, 0.1) is 23.0 Å². The van der Waals surface area contributed by atoms with Crippen LogP contribution in [0.3, 0.4) is 0 Å². The second-order valence-electron chi connectivity index (χ2n) is 9.70. The fourth-order valence-electron chi connectivity index (χ4n) is 4.17. The van der Waals surface area contributed by atoms with Crippen LogP contribution in [0.2, 0.25) is 0 Å². The molecular weight excluding hydrogens is 488 g/mol. The van der Waals surface area contributed by atoms with Crippen LogP contribution in [-0.2, 0) is 9.84 Å². The highest BCUT2D eigenvalue weighted by Crippen LogP contribution is 2.35. The molecule has 2 N–H and O–H groups in total. The molecule has 0 radical (unpaired) electrons. The highest BCUT2D eigenvalue weighted by atomic mass is 32.2. The van der Waals surface area contributed by atoms with Gasteiger partial charge in [0.1, 0.15) is 0 Å². The summed E-state index contributed by atoms with van der Waals surface area (Å²) in [5.74, 6) is 0.125. The van der Waals surface area contributed by atoms with Gasteiger partial charge in [0.2, 0.25) is 9.84 Å². The third-order valence-electron chi connectivity index (χ3n) is 6.49. The quantitative estimate of drug-likeness (QED) is 0.166. The van der Waals surface area contributed by atoms with Crippen LogP contribution in [0.5, 0.6) is 23.0 Å². The Hall–Kier alpha value is -2.41. The largest absolute Gasteiger partial charge is 0.504 e. The zero-order chi connectivity index (χ0) is 26.9. The molecule has 0 bridgehead atoms. The summed E-state index contributed by atoms with van der Waals surface area (Å²) in [4.78, 5) is 0.0344. The van der Waals surface area contributed by atoms with E-state index in [1.807, 2.05) is 0 Å². The van der Waals surface area contributed by atoms with Gasteiger partial charge in [-0.2, -0.15) is 0 Å². The van der Waals surface area contributed by atoms with Crippen molar-refractivity contribution in [1.82, 2.24) is 0 Å². The van der Waals surface area contributed by atoms with E-state index in [0.717, 1.165) is 38.5 Å². The molecule has 6 nitrogen and oxygen atoms in total. The standard InChI is InChI=1S/C30H46O6S/c1-3-5-7-9-11-13-15-21-35-29-23-25(17-19-27(29)31)37(33,34)26-18-20-28(32)30(24-26)36-22-16-14-12-10-8-6-4-2/h17-20,23-24,31-32H,3-16,21-22H2,1-2H3. The van der Waals surface area contributed by atoms with Gasteiger partial charge in [-0.05, 0) is 37.1 Å². The lowest BCUT2D eigenvalue weighted by atomic mass is 10.1. The minimum Gasteiger partial charge on any atom is -0.504 e. The summed E-state index contributed by atoms with van der Waals surface area (Å²) in [6.07, 6.45) is 16.0. The molecule has 2 aromatic carbocycles. The van der Waals surface area contributed by atoms with E-state index in [9.17, 15) is 18.6 Å². The molecule has 0 aliphatic carbocycles. The molecule has 37 heavy (non-hydrogen) atoms. The fourth-order valence-corrected chi connectivity index (χ4v) is 5.46. The Labute approximate surface area is 223 Å². The van der Waals surface area contributed by atoms with Crippen molar-refractivity contribution >= 4 is 9.84 Å². The predicted molar refractivity (Wildman–Crippen MR) is 149 cm³/mol. The van der Waals surface area contributed by atoms with Gasteiger partial charge in [-0.15, -0.1) is 0 Å². The Kier molecular flexibility index (Phi) is 14.3. The number of phenols is 2.